The Labute approximate surface area is 165 Å². The maximum absolute atomic E-state index is 11.9. The number of aromatic nitrogens is 3. The van der Waals surface area contributed by atoms with E-state index in [1.54, 1.807) is 25.3 Å². The molecule has 0 aliphatic heterocycles. The van der Waals surface area contributed by atoms with Crippen molar-refractivity contribution in [2.24, 2.45) is 0 Å². The van der Waals surface area contributed by atoms with E-state index < -0.39 is 0 Å². The summed E-state index contributed by atoms with van der Waals surface area (Å²) in [6.45, 7) is 0.0458. The SMILES string of the molecule is COc1ccc(-c2n[nH]c(CNC(=O)COc3ccc(Cl)c(Cl)c3)n2)cc1. The third-order valence-electron chi connectivity index (χ3n) is 3.59. The lowest BCUT2D eigenvalue weighted by molar-refractivity contribution is -0.123. The minimum Gasteiger partial charge on any atom is -0.497 e. The first-order valence-corrected chi connectivity index (χ1v) is 8.71. The van der Waals surface area contributed by atoms with Gasteiger partial charge in [0.1, 0.15) is 17.3 Å². The van der Waals surface area contributed by atoms with Crippen LogP contribution >= 0.6 is 23.2 Å². The molecule has 7 nitrogen and oxygen atoms in total. The van der Waals surface area contributed by atoms with Crippen molar-refractivity contribution in [3.8, 4) is 22.9 Å². The van der Waals surface area contributed by atoms with Crippen molar-refractivity contribution in [2.75, 3.05) is 13.7 Å². The van der Waals surface area contributed by atoms with Crippen LogP contribution in [0.1, 0.15) is 5.82 Å². The molecule has 0 fully saturated rings. The number of methoxy groups -OCH3 is 1. The Kier molecular flexibility index (Phi) is 6.16. The molecular formula is C18H16Cl2N4O3. The highest BCUT2D eigenvalue weighted by Gasteiger charge is 2.09. The smallest absolute Gasteiger partial charge is 0.258 e. The number of benzene rings is 2. The van der Waals surface area contributed by atoms with E-state index in [1.807, 2.05) is 24.3 Å². The summed E-state index contributed by atoms with van der Waals surface area (Å²) in [6.07, 6.45) is 0. The first-order chi connectivity index (χ1) is 13.0. The molecule has 2 aromatic carbocycles. The van der Waals surface area contributed by atoms with Crippen LogP contribution in [0.25, 0.3) is 11.4 Å². The van der Waals surface area contributed by atoms with Crippen LogP contribution in [0.15, 0.2) is 42.5 Å². The summed E-state index contributed by atoms with van der Waals surface area (Å²) in [5.74, 6) is 1.98. The van der Waals surface area contributed by atoms with Crippen LogP contribution in [-0.2, 0) is 11.3 Å². The molecule has 0 spiro atoms. The number of nitrogens with one attached hydrogen (secondary N) is 2. The summed E-state index contributed by atoms with van der Waals surface area (Å²) < 4.78 is 10.5. The average molecular weight is 407 g/mol. The van der Waals surface area contributed by atoms with Gasteiger partial charge in [0, 0.05) is 11.6 Å². The van der Waals surface area contributed by atoms with E-state index in [9.17, 15) is 4.79 Å². The van der Waals surface area contributed by atoms with Gasteiger partial charge in [-0.05, 0) is 36.4 Å². The molecule has 1 amide bonds. The van der Waals surface area contributed by atoms with Crippen LogP contribution in [0.2, 0.25) is 10.0 Å². The third kappa shape index (κ3) is 5.12. The van der Waals surface area contributed by atoms with Gasteiger partial charge in [-0.15, -0.1) is 0 Å². The van der Waals surface area contributed by atoms with E-state index in [0.717, 1.165) is 11.3 Å². The van der Waals surface area contributed by atoms with Gasteiger partial charge in [-0.3, -0.25) is 9.89 Å². The molecule has 0 aliphatic rings. The van der Waals surface area contributed by atoms with E-state index in [-0.39, 0.29) is 19.1 Å². The Morgan fingerprint density at radius 2 is 1.85 bits per heavy atom. The fraction of sp³-hybridized carbons (Fsp3) is 0.167. The summed E-state index contributed by atoms with van der Waals surface area (Å²) in [5, 5.41) is 10.4. The van der Waals surface area contributed by atoms with Gasteiger partial charge in [-0.1, -0.05) is 23.2 Å². The number of H-pyrrole nitrogens is 1. The maximum Gasteiger partial charge on any atom is 0.258 e. The molecule has 0 saturated heterocycles. The minimum absolute atomic E-state index is 0.155. The van der Waals surface area contributed by atoms with Gasteiger partial charge in [0.05, 0.1) is 23.7 Å². The Balaban J connectivity index is 1.50. The van der Waals surface area contributed by atoms with Gasteiger partial charge in [-0.2, -0.15) is 5.10 Å². The Hall–Kier alpha value is -2.77. The zero-order valence-electron chi connectivity index (χ0n) is 14.3. The lowest BCUT2D eigenvalue weighted by Gasteiger charge is -2.07. The van der Waals surface area contributed by atoms with Crippen molar-refractivity contribution in [2.45, 2.75) is 6.54 Å². The fourth-order valence-corrected chi connectivity index (χ4v) is 2.48. The summed E-state index contributed by atoms with van der Waals surface area (Å²) in [6, 6.07) is 12.2. The Bertz CT molecular complexity index is 929. The summed E-state index contributed by atoms with van der Waals surface area (Å²) >= 11 is 11.7. The number of rotatable bonds is 7. The highest BCUT2D eigenvalue weighted by atomic mass is 35.5. The maximum atomic E-state index is 11.9. The standard InChI is InChI=1S/C18H16Cl2N4O3/c1-26-12-4-2-11(3-5-12)18-22-16(23-24-18)9-21-17(25)10-27-13-6-7-14(19)15(20)8-13/h2-8H,9-10H2,1H3,(H,21,25)(H,22,23,24). The molecule has 9 heteroatoms. The van der Waals surface area contributed by atoms with E-state index in [4.69, 9.17) is 32.7 Å². The molecule has 3 rings (SSSR count). The van der Waals surface area contributed by atoms with Gasteiger partial charge in [-0.25, -0.2) is 4.98 Å². The van der Waals surface area contributed by atoms with Crippen LogP contribution in [0, 0.1) is 0 Å². The second-order valence-corrected chi connectivity index (χ2v) is 6.29. The Morgan fingerprint density at radius 1 is 1.11 bits per heavy atom. The first-order valence-electron chi connectivity index (χ1n) is 7.95. The van der Waals surface area contributed by atoms with Gasteiger partial charge in [0.2, 0.25) is 0 Å². The molecule has 0 unspecified atom stereocenters. The predicted octanol–water partition coefficient (Wildman–Crippen LogP) is 3.48. The van der Waals surface area contributed by atoms with E-state index >= 15 is 0 Å². The number of halogens is 2. The van der Waals surface area contributed by atoms with Crippen molar-refractivity contribution >= 4 is 29.1 Å². The molecule has 0 atom stereocenters. The molecule has 1 aromatic heterocycles. The minimum atomic E-state index is -0.302. The molecule has 0 bridgehead atoms. The summed E-state index contributed by atoms with van der Waals surface area (Å²) in [4.78, 5) is 16.3. The molecule has 0 radical (unpaired) electrons. The number of hydrogen-bond acceptors (Lipinski definition) is 5. The van der Waals surface area contributed by atoms with E-state index in [2.05, 4.69) is 20.5 Å². The zero-order chi connectivity index (χ0) is 19.2. The van der Waals surface area contributed by atoms with Crippen molar-refractivity contribution in [1.29, 1.82) is 0 Å². The molecule has 3 aromatic rings. The quantitative estimate of drug-likeness (QED) is 0.626. The number of hydrogen-bond donors (Lipinski definition) is 2. The lowest BCUT2D eigenvalue weighted by atomic mass is 10.2. The van der Waals surface area contributed by atoms with Crippen molar-refractivity contribution in [3.63, 3.8) is 0 Å². The number of nitrogens with zero attached hydrogens (tertiary/aromatic N) is 2. The van der Waals surface area contributed by atoms with Crippen LogP contribution in [-0.4, -0.2) is 34.8 Å². The summed E-state index contributed by atoms with van der Waals surface area (Å²) in [7, 11) is 1.60. The average Bonchev–Trinajstić information content (AvgIpc) is 3.16. The number of carbonyl (C=O) groups is 1. The lowest BCUT2D eigenvalue weighted by Crippen LogP contribution is -2.28. The first kappa shape index (κ1) is 19.0. The molecule has 0 saturated carbocycles. The van der Waals surface area contributed by atoms with Crippen molar-refractivity contribution < 1.29 is 14.3 Å². The van der Waals surface area contributed by atoms with Gasteiger partial charge in [0.15, 0.2) is 12.4 Å². The van der Waals surface area contributed by atoms with Crippen LogP contribution in [0.5, 0.6) is 11.5 Å². The topological polar surface area (TPSA) is 89.1 Å². The number of ether oxygens (including phenoxy) is 2. The van der Waals surface area contributed by atoms with Gasteiger partial charge < -0.3 is 14.8 Å². The van der Waals surface area contributed by atoms with Gasteiger partial charge in [0.25, 0.3) is 5.91 Å². The monoisotopic (exact) mass is 406 g/mol. The predicted molar refractivity (Wildman–Crippen MR) is 102 cm³/mol. The molecular weight excluding hydrogens is 391 g/mol. The van der Waals surface area contributed by atoms with Crippen molar-refractivity contribution in [1.82, 2.24) is 20.5 Å². The zero-order valence-corrected chi connectivity index (χ0v) is 15.8. The van der Waals surface area contributed by atoms with Crippen LogP contribution < -0.4 is 14.8 Å². The van der Waals surface area contributed by atoms with E-state index in [0.29, 0.717) is 27.4 Å². The fourth-order valence-electron chi connectivity index (χ4n) is 2.19. The third-order valence-corrected chi connectivity index (χ3v) is 4.33. The van der Waals surface area contributed by atoms with Crippen molar-refractivity contribution in [3.05, 3.63) is 58.3 Å². The number of amides is 1. The van der Waals surface area contributed by atoms with Crippen LogP contribution in [0.4, 0.5) is 0 Å². The van der Waals surface area contributed by atoms with E-state index in [1.165, 1.54) is 0 Å². The molecule has 0 aliphatic carbocycles. The molecule has 1 heterocycles. The second kappa shape index (κ2) is 8.75. The number of aromatic amines is 1. The summed E-state index contributed by atoms with van der Waals surface area (Å²) in [5.41, 5.74) is 0.840. The second-order valence-electron chi connectivity index (χ2n) is 5.48. The van der Waals surface area contributed by atoms with Crippen LogP contribution in [0.3, 0.4) is 0 Å². The number of carbonyl (C=O) groups excluding carboxylic acids is 1. The van der Waals surface area contributed by atoms with Gasteiger partial charge >= 0.3 is 0 Å². The highest BCUT2D eigenvalue weighted by Crippen LogP contribution is 2.26. The normalized spacial score (nSPS) is 10.5. The Morgan fingerprint density at radius 3 is 2.56 bits per heavy atom. The highest BCUT2D eigenvalue weighted by molar-refractivity contribution is 6.42. The molecule has 2 N–H and O–H groups in total. The molecule has 27 heavy (non-hydrogen) atoms. The largest absolute Gasteiger partial charge is 0.497 e. The molecule has 140 valence electrons.